The molecular formula is C23H22F2N4O4S. The Balaban J connectivity index is 1.48. The van der Waals surface area contributed by atoms with Gasteiger partial charge in [0, 0.05) is 32.4 Å². The van der Waals surface area contributed by atoms with Crippen LogP contribution in [0.25, 0.3) is 0 Å². The number of para-hydroxylation sites is 2. The second kappa shape index (κ2) is 9.74. The molecular weight excluding hydrogens is 466 g/mol. The molecule has 8 nitrogen and oxygen atoms in total. The smallest absolute Gasteiger partial charge is 0.257 e. The Labute approximate surface area is 195 Å². The van der Waals surface area contributed by atoms with Crippen molar-refractivity contribution < 1.29 is 26.7 Å². The van der Waals surface area contributed by atoms with Gasteiger partial charge in [0.1, 0.15) is 11.6 Å². The average Bonchev–Trinajstić information content (AvgIpc) is 2.86. The van der Waals surface area contributed by atoms with Crippen molar-refractivity contribution in [3.63, 3.8) is 0 Å². The Kier molecular flexibility index (Phi) is 6.75. The summed E-state index contributed by atoms with van der Waals surface area (Å²) in [6.07, 6.45) is 1.56. The Bertz CT molecular complexity index is 1310. The lowest BCUT2D eigenvalue weighted by Crippen LogP contribution is -2.50. The van der Waals surface area contributed by atoms with Gasteiger partial charge in [0.25, 0.3) is 5.91 Å². The molecule has 4 rings (SSSR count). The average molecular weight is 489 g/mol. The fourth-order valence-corrected chi connectivity index (χ4v) is 5.08. The molecule has 2 heterocycles. The zero-order valence-corrected chi connectivity index (χ0v) is 19.1. The number of halogens is 2. The van der Waals surface area contributed by atoms with Crippen LogP contribution in [0.2, 0.25) is 0 Å². The van der Waals surface area contributed by atoms with Crippen molar-refractivity contribution >= 4 is 27.4 Å². The minimum absolute atomic E-state index is 0.0165. The zero-order valence-electron chi connectivity index (χ0n) is 18.2. The van der Waals surface area contributed by atoms with E-state index in [4.69, 9.17) is 4.74 Å². The molecule has 2 aromatic carbocycles. The van der Waals surface area contributed by atoms with Gasteiger partial charge in [-0.2, -0.15) is 4.31 Å². The number of sulfonamides is 1. The number of piperazine rings is 1. The van der Waals surface area contributed by atoms with E-state index in [1.807, 2.05) is 12.1 Å². The minimum atomic E-state index is -4.02. The Morgan fingerprint density at radius 3 is 2.44 bits per heavy atom. The van der Waals surface area contributed by atoms with Crippen molar-refractivity contribution in [3.8, 4) is 5.75 Å². The van der Waals surface area contributed by atoms with Gasteiger partial charge in [-0.15, -0.1) is 0 Å². The predicted octanol–water partition coefficient (Wildman–Crippen LogP) is 3.26. The normalized spacial score (nSPS) is 14.6. The molecule has 1 fully saturated rings. The molecule has 0 saturated carbocycles. The number of aromatic nitrogens is 1. The summed E-state index contributed by atoms with van der Waals surface area (Å²) in [6, 6.07) is 13.0. The molecule has 34 heavy (non-hydrogen) atoms. The summed E-state index contributed by atoms with van der Waals surface area (Å²) >= 11 is 0. The number of rotatable bonds is 6. The lowest BCUT2D eigenvalue weighted by Gasteiger charge is -2.34. The molecule has 0 radical (unpaired) electrons. The lowest BCUT2D eigenvalue weighted by atomic mass is 10.2. The number of hydrogen-bond acceptors (Lipinski definition) is 6. The van der Waals surface area contributed by atoms with Gasteiger partial charge < -0.3 is 15.0 Å². The largest absolute Gasteiger partial charge is 0.495 e. The monoisotopic (exact) mass is 488 g/mol. The van der Waals surface area contributed by atoms with Gasteiger partial charge in [0.05, 0.1) is 23.3 Å². The Hall–Kier alpha value is -3.57. The molecule has 178 valence electrons. The molecule has 1 aromatic heterocycles. The molecule has 11 heteroatoms. The minimum Gasteiger partial charge on any atom is -0.495 e. The molecule has 1 aliphatic rings. The molecule has 0 atom stereocenters. The zero-order chi connectivity index (χ0) is 24.3. The predicted molar refractivity (Wildman–Crippen MR) is 122 cm³/mol. The van der Waals surface area contributed by atoms with E-state index < -0.39 is 21.7 Å². The maximum absolute atomic E-state index is 13.5. The highest BCUT2D eigenvalue weighted by atomic mass is 32.2. The van der Waals surface area contributed by atoms with Gasteiger partial charge >= 0.3 is 0 Å². The van der Waals surface area contributed by atoms with Crippen molar-refractivity contribution in [2.75, 3.05) is 38.6 Å². The number of pyridine rings is 1. The molecule has 1 aliphatic heterocycles. The van der Waals surface area contributed by atoms with Crippen molar-refractivity contribution in [1.82, 2.24) is 14.2 Å². The standard InChI is InChI=1S/C23H22F2N4O4S/c1-33-21-7-3-2-6-20(21)27-22-17(5-4-10-26-22)23(30)28-11-13-29(14-12-28)34(31,32)16-8-9-18(24)19(25)15-16/h2-10,15H,11-14H2,1H3,(H,26,27). The fraction of sp³-hybridized carbons (Fsp3) is 0.217. The van der Waals surface area contributed by atoms with Crippen LogP contribution < -0.4 is 10.1 Å². The summed E-state index contributed by atoms with van der Waals surface area (Å²) in [7, 11) is -2.48. The van der Waals surface area contributed by atoms with E-state index in [-0.39, 0.29) is 37.0 Å². The van der Waals surface area contributed by atoms with Gasteiger partial charge in [-0.25, -0.2) is 22.2 Å². The maximum atomic E-state index is 13.5. The second-order valence-corrected chi connectivity index (χ2v) is 9.43. The van der Waals surface area contributed by atoms with E-state index in [9.17, 15) is 22.0 Å². The number of benzene rings is 2. The first-order valence-corrected chi connectivity index (χ1v) is 11.8. The van der Waals surface area contributed by atoms with Gasteiger partial charge in [0.15, 0.2) is 11.6 Å². The summed E-state index contributed by atoms with van der Waals surface area (Å²) in [5.41, 5.74) is 0.963. The Morgan fingerprint density at radius 2 is 1.74 bits per heavy atom. The number of amides is 1. The van der Waals surface area contributed by atoms with Gasteiger partial charge in [-0.3, -0.25) is 4.79 Å². The quantitative estimate of drug-likeness (QED) is 0.573. The summed E-state index contributed by atoms with van der Waals surface area (Å²) in [4.78, 5) is 18.7. The van der Waals surface area contributed by atoms with E-state index in [1.54, 1.807) is 37.6 Å². The summed E-state index contributed by atoms with van der Waals surface area (Å²) < 4.78 is 58.9. The first-order chi connectivity index (χ1) is 16.3. The van der Waals surface area contributed by atoms with Crippen LogP contribution in [0, 0.1) is 11.6 Å². The number of nitrogens with zero attached hydrogens (tertiary/aromatic N) is 3. The van der Waals surface area contributed by atoms with Crippen LogP contribution in [0.1, 0.15) is 10.4 Å². The fourth-order valence-electron chi connectivity index (χ4n) is 3.64. The topological polar surface area (TPSA) is 91.8 Å². The Morgan fingerprint density at radius 1 is 1.00 bits per heavy atom. The summed E-state index contributed by atoms with van der Waals surface area (Å²) in [5, 5.41) is 3.12. The maximum Gasteiger partial charge on any atom is 0.257 e. The molecule has 3 aromatic rings. The molecule has 1 amide bonds. The first-order valence-electron chi connectivity index (χ1n) is 10.4. The lowest BCUT2D eigenvalue weighted by molar-refractivity contribution is 0.0698. The number of ether oxygens (including phenoxy) is 1. The summed E-state index contributed by atoms with van der Waals surface area (Å²) in [5.74, 6) is -1.74. The van der Waals surface area contributed by atoms with Crippen molar-refractivity contribution in [2.45, 2.75) is 4.90 Å². The van der Waals surface area contributed by atoms with E-state index in [0.717, 1.165) is 16.4 Å². The molecule has 1 saturated heterocycles. The third kappa shape index (κ3) is 4.70. The second-order valence-electron chi connectivity index (χ2n) is 7.50. The number of methoxy groups -OCH3 is 1. The van der Waals surface area contributed by atoms with Gasteiger partial charge in [0.2, 0.25) is 10.0 Å². The van der Waals surface area contributed by atoms with Gasteiger partial charge in [-0.05, 0) is 42.5 Å². The third-order valence-corrected chi connectivity index (χ3v) is 7.35. The van der Waals surface area contributed by atoms with E-state index in [0.29, 0.717) is 28.9 Å². The highest BCUT2D eigenvalue weighted by molar-refractivity contribution is 7.89. The highest BCUT2D eigenvalue weighted by Gasteiger charge is 2.31. The third-order valence-electron chi connectivity index (χ3n) is 5.45. The number of carbonyl (C=O) groups is 1. The van der Waals surface area contributed by atoms with Crippen molar-refractivity contribution in [2.24, 2.45) is 0 Å². The van der Waals surface area contributed by atoms with Crippen LogP contribution in [0.5, 0.6) is 5.75 Å². The van der Waals surface area contributed by atoms with Crippen LogP contribution in [0.4, 0.5) is 20.3 Å². The van der Waals surface area contributed by atoms with Crippen molar-refractivity contribution in [1.29, 1.82) is 0 Å². The highest BCUT2D eigenvalue weighted by Crippen LogP contribution is 2.28. The molecule has 0 aliphatic carbocycles. The number of hydrogen-bond donors (Lipinski definition) is 1. The summed E-state index contributed by atoms with van der Waals surface area (Å²) in [6.45, 7) is 0.292. The molecule has 0 spiro atoms. The first kappa shape index (κ1) is 23.6. The molecule has 0 unspecified atom stereocenters. The van der Waals surface area contributed by atoms with Crippen LogP contribution >= 0.6 is 0 Å². The molecule has 1 N–H and O–H groups in total. The van der Waals surface area contributed by atoms with E-state index >= 15 is 0 Å². The van der Waals surface area contributed by atoms with E-state index in [2.05, 4.69) is 10.3 Å². The van der Waals surface area contributed by atoms with Crippen LogP contribution in [-0.4, -0.2) is 61.8 Å². The number of nitrogens with one attached hydrogen (secondary N) is 1. The molecule has 0 bridgehead atoms. The van der Waals surface area contributed by atoms with Crippen molar-refractivity contribution in [3.05, 3.63) is 78.0 Å². The SMILES string of the molecule is COc1ccccc1Nc1ncccc1C(=O)N1CCN(S(=O)(=O)c2ccc(F)c(F)c2)CC1. The number of carbonyl (C=O) groups excluding carboxylic acids is 1. The van der Waals surface area contributed by atoms with Crippen LogP contribution in [0.15, 0.2) is 65.7 Å². The number of anilines is 2. The van der Waals surface area contributed by atoms with Gasteiger partial charge in [-0.1, -0.05) is 12.1 Å². The van der Waals surface area contributed by atoms with Crippen LogP contribution in [0.3, 0.4) is 0 Å². The van der Waals surface area contributed by atoms with E-state index in [1.165, 1.54) is 4.90 Å². The van der Waals surface area contributed by atoms with Crippen LogP contribution in [-0.2, 0) is 10.0 Å².